The average molecular weight is 317 g/mol. The summed E-state index contributed by atoms with van der Waals surface area (Å²) in [5.41, 5.74) is 2.16. The van der Waals surface area contributed by atoms with Gasteiger partial charge in [0.05, 0.1) is 0 Å². The third-order valence-electron chi connectivity index (χ3n) is 2.20. The molecule has 0 saturated carbocycles. The van der Waals surface area contributed by atoms with Gasteiger partial charge in [-0.1, -0.05) is 13.8 Å². The lowest BCUT2D eigenvalue weighted by Crippen LogP contribution is -2.12. The number of aryl methyl sites for hydroxylation is 1. The molecule has 0 saturated heterocycles. The second-order valence-corrected chi connectivity index (χ2v) is 4.70. The molecule has 0 spiro atoms. The number of halogens is 1. The highest BCUT2D eigenvalue weighted by molar-refractivity contribution is 14.1. The predicted molar refractivity (Wildman–Crippen MR) is 72.1 cm³/mol. The van der Waals surface area contributed by atoms with E-state index in [1.54, 1.807) is 0 Å². The van der Waals surface area contributed by atoms with Gasteiger partial charge in [0.1, 0.15) is 0 Å². The summed E-state index contributed by atoms with van der Waals surface area (Å²) < 4.78 is 1.21. The van der Waals surface area contributed by atoms with Gasteiger partial charge in [-0.05, 0) is 59.2 Å². The molecule has 1 aromatic rings. The van der Waals surface area contributed by atoms with Gasteiger partial charge in [0.25, 0.3) is 0 Å². The van der Waals surface area contributed by atoms with Crippen molar-refractivity contribution in [3.8, 4) is 0 Å². The van der Waals surface area contributed by atoms with Crippen LogP contribution in [0, 0.1) is 3.57 Å². The van der Waals surface area contributed by atoms with Gasteiger partial charge in [0.15, 0.2) is 0 Å². The Morgan fingerprint density at radius 2 is 2.13 bits per heavy atom. The minimum atomic E-state index is 0.105. The van der Waals surface area contributed by atoms with Crippen LogP contribution in [0.1, 0.15) is 32.3 Å². The van der Waals surface area contributed by atoms with Crippen LogP contribution < -0.4 is 5.32 Å². The molecule has 1 amide bonds. The van der Waals surface area contributed by atoms with E-state index in [1.807, 2.05) is 19.1 Å². The fraction of sp³-hybridized carbons (Fsp3) is 0.417. The summed E-state index contributed by atoms with van der Waals surface area (Å²) in [6.45, 7) is 4.11. The Balaban J connectivity index is 2.80. The molecule has 0 heterocycles. The van der Waals surface area contributed by atoms with Crippen LogP contribution in [0.4, 0.5) is 5.69 Å². The molecule has 1 N–H and O–H groups in total. The zero-order valence-electron chi connectivity index (χ0n) is 9.14. The summed E-state index contributed by atoms with van der Waals surface area (Å²) in [5, 5.41) is 2.95. The van der Waals surface area contributed by atoms with Crippen LogP contribution >= 0.6 is 22.6 Å². The van der Waals surface area contributed by atoms with E-state index in [0.29, 0.717) is 6.42 Å². The zero-order valence-corrected chi connectivity index (χ0v) is 11.3. The highest BCUT2D eigenvalue weighted by atomic mass is 127. The normalized spacial score (nSPS) is 10.1. The second kappa shape index (κ2) is 6.10. The summed E-state index contributed by atoms with van der Waals surface area (Å²) in [6.07, 6.45) is 2.42. The number of hydrogen-bond donors (Lipinski definition) is 1. The van der Waals surface area contributed by atoms with Crippen LogP contribution in [0.15, 0.2) is 18.2 Å². The number of benzene rings is 1. The first-order valence-corrected chi connectivity index (χ1v) is 6.33. The van der Waals surface area contributed by atoms with Crippen molar-refractivity contribution in [1.82, 2.24) is 0 Å². The zero-order chi connectivity index (χ0) is 11.3. The Morgan fingerprint density at radius 3 is 2.73 bits per heavy atom. The molecule has 2 nitrogen and oxygen atoms in total. The van der Waals surface area contributed by atoms with E-state index in [2.05, 4.69) is 40.9 Å². The van der Waals surface area contributed by atoms with Gasteiger partial charge in [-0.25, -0.2) is 0 Å². The first-order valence-electron chi connectivity index (χ1n) is 5.25. The lowest BCUT2D eigenvalue weighted by atomic mass is 10.1. The molecule has 0 aliphatic heterocycles. The largest absolute Gasteiger partial charge is 0.326 e. The number of carbonyl (C=O) groups is 1. The topological polar surface area (TPSA) is 29.1 Å². The molecule has 0 unspecified atom stereocenters. The highest BCUT2D eigenvalue weighted by Gasteiger charge is 2.05. The minimum absolute atomic E-state index is 0.105. The first-order chi connectivity index (χ1) is 7.17. The first kappa shape index (κ1) is 12.5. The number of hydrogen-bond acceptors (Lipinski definition) is 1. The second-order valence-electron chi connectivity index (χ2n) is 3.45. The van der Waals surface area contributed by atoms with E-state index < -0.39 is 0 Å². The van der Waals surface area contributed by atoms with Crippen molar-refractivity contribution >= 4 is 34.2 Å². The molecule has 3 heteroatoms. The highest BCUT2D eigenvalue weighted by Crippen LogP contribution is 2.19. The molecule has 1 rings (SSSR count). The molecule has 82 valence electrons. The van der Waals surface area contributed by atoms with Crippen LogP contribution in [0.2, 0.25) is 0 Å². The van der Waals surface area contributed by atoms with Crippen molar-refractivity contribution in [1.29, 1.82) is 0 Å². The van der Waals surface area contributed by atoms with E-state index in [1.165, 1.54) is 9.13 Å². The molecule has 1 aromatic carbocycles. The summed E-state index contributed by atoms with van der Waals surface area (Å²) in [7, 11) is 0. The van der Waals surface area contributed by atoms with E-state index in [9.17, 15) is 4.79 Å². The molecule has 0 aliphatic rings. The maximum Gasteiger partial charge on any atom is 0.224 e. The van der Waals surface area contributed by atoms with Gasteiger partial charge < -0.3 is 5.32 Å². The van der Waals surface area contributed by atoms with Gasteiger partial charge >= 0.3 is 0 Å². The lowest BCUT2D eigenvalue weighted by Gasteiger charge is -2.09. The number of carbonyl (C=O) groups excluding carboxylic acids is 1. The number of amides is 1. The van der Waals surface area contributed by atoms with E-state index >= 15 is 0 Å². The van der Waals surface area contributed by atoms with Gasteiger partial charge in [-0.15, -0.1) is 0 Å². The fourth-order valence-corrected chi connectivity index (χ4v) is 1.97. The monoisotopic (exact) mass is 317 g/mol. The van der Waals surface area contributed by atoms with Gasteiger partial charge in [0.2, 0.25) is 5.91 Å². The maximum atomic E-state index is 11.5. The number of nitrogens with one attached hydrogen (secondary N) is 1. The van der Waals surface area contributed by atoms with Crippen LogP contribution in [0.5, 0.6) is 0 Å². The third-order valence-corrected chi connectivity index (χ3v) is 2.87. The number of anilines is 1. The van der Waals surface area contributed by atoms with Crippen LogP contribution in [-0.4, -0.2) is 5.91 Å². The van der Waals surface area contributed by atoms with Gasteiger partial charge in [-0.3, -0.25) is 4.79 Å². The smallest absolute Gasteiger partial charge is 0.224 e. The molecular formula is C12H16INO. The fourth-order valence-electron chi connectivity index (χ4n) is 1.42. The predicted octanol–water partition coefficient (Wildman–Crippen LogP) is 3.59. The Morgan fingerprint density at radius 1 is 1.40 bits per heavy atom. The Kier molecular flexibility index (Phi) is 5.08. The summed E-state index contributed by atoms with van der Waals surface area (Å²) >= 11 is 2.28. The van der Waals surface area contributed by atoms with Gasteiger partial charge in [-0.2, -0.15) is 0 Å². The van der Waals surface area contributed by atoms with Crippen molar-refractivity contribution in [2.24, 2.45) is 0 Å². The van der Waals surface area contributed by atoms with Gasteiger partial charge in [0, 0.05) is 15.7 Å². The Bertz CT molecular complexity index is 349. The molecule has 0 aliphatic carbocycles. The lowest BCUT2D eigenvalue weighted by molar-refractivity contribution is -0.116. The van der Waals surface area contributed by atoms with Crippen molar-refractivity contribution in [3.05, 3.63) is 27.3 Å². The van der Waals surface area contributed by atoms with Crippen molar-refractivity contribution < 1.29 is 4.79 Å². The SMILES string of the molecule is CCCC(=O)Nc1ccc(I)cc1CC. The van der Waals surface area contributed by atoms with Crippen molar-refractivity contribution in [3.63, 3.8) is 0 Å². The summed E-state index contributed by atoms with van der Waals surface area (Å²) in [4.78, 5) is 11.5. The van der Waals surface area contributed by atoms with E-state index in [0.717, 1.165) is 18.5 Å². The maximum absolute atomic E-state index is 11.5. The average Bonchev–Trinajstić information content (AvgIpc) is 2.21. The molecule has 0 bridgehead atoms. The number of rotatable bonds is 4. The molecule has 0 radical (unpaired) electrons. The quantitative estimate of drug-likeness (QED) is 0.845. The van der Waals surface area contributed by atoms with Crippen LogP contribution in [0.3, 0.4) is 0 Å². The minimum Gasteiger partial charge on any atom is -0.326 e. The van der Waals surface area contributed by atoms with Crippen LogP contribution in [0.25, 0.3) is 0 Å². The van der Waals surface area contributed by atoms with E-state index in [4.69, 9.17) is 0 Å². The standard InChI is InChI=1S/C12H16INO/c1-3-5-12(15)14-11-7-6-10(13)8-9(11)4-2/h6-8H,3-5H2,1-2H3,(H,14,15). The molecule has 15 heavy (non-hydrogen) atoms. The Hall–Kier alpha value is -0.580. The van der Waals surface area contributed by atoms with Crippen molar-refractivity contribution in [2.45, 2.75) is 33.1 Å². The Labute approximate surface area is 105 Å². The van der Waals surface area contributed by atoms with Crippen LogP contribution in [-0.2, 0) is 11.2 Å². The third kappa shape index (κ3) is 3.81. The molecule has 0 atom stereocenters. The molecular weight excluding hydrogens is 301 g/mol. The summed E-state index contributed by atoms with van der Waals surface area (Å²) in [5.74, 6) is 0.105. The van der Waals surface area contributed by atoms with Crippen molar-refractivity contribution in [2.75, 3.05) is 5.32 Å². The summed E-state index contributed by atoms with van der Waals surface area (Å²) in [6, 6.07) is 6.11. The molecule has 0 aromatic heterocycles. The van der Waals surface area contributed by atoms with E-state index in [-0.39, 0.29) is 5.91 Å². The molecule has 0 fully saturated rings.